The van der Waals surface area contributed by atoms with E-state index in [2.05, 4.69) is 0 Å². The van der Waals surface area contributed by atoms with Gasteiger partial charge in [-0.3, -0.25) is 0 Å². The lowest BCUT2D eigenvalue weighted by atomic mass is 9.89. The van der Waals surface area contributed by atoms with Gasteiger partial charge in [-0.2, -0.15) is 0 Å². The third kappa shape index (κ3) is 3.20. The molecule has 2 aromatic carbocycles. The van der Waals surface area contributed by atoms with Crippen LogP contribution in [-0.2, 0) is 13.0 Å². The van der Waals surface area contributed by atoms with Crippen molar-refractivity contribution in [3.05, 3.63) is 63.9 Å². The van der Waals surface area contributed by atoms with Crippen LogP contribution >= 0.6 is 11.6 Å². The second kappa shape index (κ2) is 6.04. The molecule has 21 heavy (non-hydrogen) atoms. The van der Waals surface area contributed by atoms with E-state index in [-0.39, 0.29) is 12.4 Å². The lowest BCUT2D eigenvalue weighted by Crippen LogP contribution is -2.09. The molecule has 0 bridgehead atoms. The van der Waals surface area contributed by atoms with Crippen molar-refractivity contribution < 1.29 is 14.2 Å². The van der Waals surface area contributed by atoms with Gasteiger partial charge in [0, 0.05) is 10.6 Å². The summed E-state index contributed by atoms with van der Waals surface area (Å²) in [6, 6.07) is 10.1. The zero-order chi connectivity index (χ0) is 14.8. The molecule has 110 valence electrons. The van der Waals surface area contributed by atoms with E-state index in [0.29, 0.717) is 16.3 Å². The second-order valence-corrected chi connectivity index (χ2v) is 5.73. The fourth-order valence-corrected chi connectivity index (χ4v) is 2.85. The van der Waals surface area contributed by atoms with Crippen LogP contribution in [0.5, 0.6) is 5.75 Å². The minimum absolute atomic E-state index is 0.112. The Kier molecular flexibility index (Phi) is 4.13. The third-order valence-electron chi connectivity index (χ3n) is 3.80. The van der Waals surface area contributed by atoms with Crippen LogP contribution in [0.4, 0.5) is 4.39 Å². The highest BCUT2D eigenvalue weighted by Gasteiger charge is 2.18. The summed E-state index contributed by atoms with van der Waals surface area (Å²) in [7, 11) is 0. The summed E-state index contributed by atoms with van der Waals surface area (Å²) in [5, 5.41) is 10.5. The van der Waals surface area contributed by atoms with Gasteiger partial charge in [-0.25, -0.2) is 4.39 Å². The van der Waals surface area contributed by atoms with Crippen LogP contribution in [0, 0.1) is 5.82 Å². The first-order valence-electron chi connectivity index (χ1n) is 7.01. The molecule has 1 atom stereocenters. The van der Waals surface area contributed by atoms with Gasteiger partial charge >= 0.3 is 0 Å². The van der Waals surface area contributed by atoms with Crippen LogP contribution in [0.3, 0.4) is 0 Å². The number of benzene rings is 2. The van der Waals surface area contributed by atoms with Crippen LogP contribution in [0.2, 0.25) is 5.02 Å². The van der Waals surface area contributed by atoms with Crippen molar-refractivity contribution >= 4 is 11.6 Å². The van der Waals surface area contributed by atoms with Crippen molar-refractivity contribution in [2.75, 3.05) is 0 Å². The van der Waals surface area contributed by atoms with Gasteiger partial charge in [0.05, 0.1) is 6.10 Å². The molecule has 1 N–H and O–H groups in total. The Morgan fingerprint density at radius 1 is 1.24 bits per heavy atom. The van der Waals surface area contributed by atoms with Crippen LogP contribution in [0.1, 0.15) is 35.6 Å². The highest BCUT2D eigenvalue weighted by molar-refractivity contribution is 6.30. The number of fused-ring (bicyclic) bond motifs is 1. The molecule has 3 rings (SSSR count). The molecule has 0 fully saturated rings. The third-order valence-corrected chi connectivity index (χ3v) is 4.04. The predicted molar refractivity (Wildman–Crippen MR) is 80.1 cm³/mol. The van der Waals surface area contributed by atoms with Gasteiger partial charge in [-0.1, -0.05) is 17.7 Å². The maximum absolute atomic E-state index is 13.6. The molecular weight excluding hydrogens is 291 g/mol. The summed E-state index contributed by atoms with van der Waals surface area (Å²) in [6.45, 7) is 0.112. The maximum Gasteiger partial charge on any atom is 0.129 e. The molecule has 0 radical (unpaired) electrons. The largest absolute Gasteiger partial charge is 0.489 e. The lowest BCUT2D eigenvalue weighted by molar-refractivity contribution is 0.156. The second-order valence-electron chi connectivity index (χ2n) is 5.29. The maximum atomic E-state index is 13.6. The predicted octanol–water partition coefficient (Wildman–Crippen LogP) is 4.43. The molecule has 0 aromatic heterocycles. The summed E-state index contributed by atoms with van der Waals surface area (Å²) in [5.41, 5.74) is 2.50. The van der Waals surface area contributed by atoms with Gasteiger partial charge in [-0.15, -0.1) is 0 Å². The van der Waals surface area contributed by atoms with Crippen molar-refractivity contribution in [3.8, 4) is 5.75 Å². The number of aryl methyl sites for hydroxylation is 1. The zero-order valence-corrected chi connectivity index (χ0v) is 12.2. The topological polar surface area (TPSA) is 29.5 Å². The van der Waals surface area contributed by atoms with E-state index in [9.17, 15) is 9.50 Å². The molecule has 0 spiro atoms. The number of ether oxygens (including phenoxy) is 1. The Bertz CT molecular complexity index is 657. The number of aliphatic hydroxyl groups is 1. The van der Waals surface area contributed by atoms with E-state index in [0.717, 1.165) is 30.4 Å². The van der Waals surface area contributed by atoms with Gasteiger partial charge in [0.1, 0.15) is 18.2 Å². The monoisotopic (exact) mass is 306 g/mol. The average Bonchev–Trinajstić information content (AvgIpc) is 2.49. The first-order valence-corrected chi connectivity index (χ1v) is 7.39. The van der Waals surface area contributed by atoms with Crippen LogP contribution in [-0.4, -0.2) is 5.11 Å². The quantitative estimate of drug-likeness (QED) is 0.909. The highest BCUT2D eigenvalue weighted by Crippen LogP contribution is 2.32. The Balaban J connectivity index is 1.76. The normalized spacial score (nSPS) is 17.4. The van der Waals surface area contributed by atoms with Crippen molar-refractivity contribution in [1.29, 1.82) is 0 Å². The number of hydrogen-bond acceptors (Lipinski definition) is 2. The Hall–Kier alpha value is -1.58. The lowest BCUT2D eigenvalue weighted by Gasteiger charge is -2.22. The molecule has 4 heteroatoms. The summed E-state index contributed by atoms with van der Waals surface area (Å²) < 4.78 is 19.3. The number of halogens is 2. The average molecular weight is 307 g/mol. The van der Waals surface area contributed by atoms with Gasteiger partial charge in [-0.05, 0) is 60.7 Å². The SMILES string of the molecule is OC1CCCc2ccc(OCc3cc(Cl)ccc3F)cc21. The van der Waals surface area contributed by atoms with Crippen LogP contribution in [0.25, 0.3) is 0 Å². The highest BCUT2D eigenvalue weighted by atomic mass is 35.5. The molecule has 0 saturated heterocycles. The zero-order valence-electron chi connectivity index (χ0n) is 11.5. The van der Waals surface area contributed by atoms with Crippen molar-refractivity contribution in [3.63, 3.8) is 0 Å². The van der Waals surface area contributed by atoms with Gasteiger partial charge < -0.3 is 9.84 Å². The fraction of sp³-hybridized carbons (Fsp3) is 0.294. The Morgan fingerprint density at radius 3 is 2.95 bits per heavy atom. The van der Waals surface area contributed by atoms with Gasteiger partial charge in [0.15, 0.2) is 0 Å². The molecule has 0 aliphatic heterocycles. The number of rotatable bonds is 3. The summed E-state index contributed by atoms with van der Waals surface area (Å²) in [6.07, 6.45) is 2.33. The number of aliphatic hydroxyl groups excluding tert-OH is 1. The molecule has 0 saturated carbocycles. The van der Waals surface area contributed by atoms with Gasteiger partial charge in [0.2, 0.25) is 0 Å². The van der Waals surface area contributed by atoms with E-state index in [1.807, 2.05) is 18.2 Å². The van der Waals surface area contributed by atoms with E-state index in [4.69, 9.17) is 16.3 Å². The molecule has 1 aliphatic rings. The molecule has 1 aliphatic carbocycles. The Labute approximate surface area is 128 Å². The van der Waals surface area contributed by atoms with Gasteiger partial charge in [0.25, 0.3) is 0 Å². The van der Waals surface area contributed by atoms with E-state index < -0.39 is 6.10 Å². The van der Waals surface area contributed by atoms with E-state index >= 15 is 0 Å². The molecule has 1 unspecified atom stereocenters. The molecule has 0 heterocycles. The summed E-state index contributed by atoms with van der Waals surface area (Å²) in [5.74, 6) is 0.298. The summed E-state index contributed by atoms with van der Waals surface area (Å²) in [4.78, 5) is 0. The standard InChI is InChI=1S/C17H16ClFO2/c18-13-5-7-16(19)12(8-13)10-21-14-6-4-11-2-1-3-17(20)15(11)9-14/h4-9,17,20H,1-3,10H2. The van der Waals surface area contributed by atoms with Crippen molar-refractivity contribution in [2.24, 2.45) is 0 Å². The molecule has 0 amide bonds. The smallest absolute Gasteiger partial charge is 0.129 e. The number of hydrogen-bond donors (Lipinski definition) is 1. The minimum atomic E-state index is -0.430. The van der Waals surface area contributed by atoms with Crippen LogP contribution in [0.15, 0.2) is 36.4 Å². The van der Waals surface area contributed by atoms with Crippen molar-refractivity contribution in [1.82, 2.24) is 0 Å². The van der Waals surface area contributed by atoms with Crippen molar-refractivity contribution in [2.45, 2.75) is 32.0 Å². The minimum Gasteiger partial charge on any atom is -0.489 e. The molecular formula is C17H16ClFO2. The Morgan fingerprint density at radius 2 is 2.10 bits per heavy atom. The van der Waals surface area contributed by atoms with E-state index in [1.54, 1.807) is 6.07 Å². The van der Waals surface area contributed by atoms with Crippen LogP contribution < -0.4 is 4.74 Å². The summed E-state index contributed by atoms with van der Waals surface area (Å²) >= 11 is 5.86. The van der Waals surface area contributed by atoms with E-state index in [1.165, 1.54) is 12.1 Å². The molecule has 2 nitrogen and oxygen atoms in total. The first-order chi connectivity index (χ1) is 10.1. The first kappa shape index (κ1) is 14.4. The fourth-order valence-electron chi connectivity index (χ4n) is 2.66. The molecule has 2 aromatic rings.